The molecule has 2 aliphatic heterocycles. The fourth-order valence-corrected chi connectivity index (χ4v) is 4.51. The maximum Gasteiger partial charge on any atom is 0.251 e. The average Bonchev–Trinajstić information content (AvgIpc) is 3.28. The second-order valence-corrected chi connectivity index (χ2v) is 9.04. The molecule has 31 heavy (non-hydrogen) atoms. The van der Waals surface area contributed by atoms with Crippen molar-refractivity contribution in [2.75, 3.05) is 32.1 Å². The number of hydrogen-bond donors (Lipinski definition) is 1. The summed E-state index contributed by atoms with van der Waals surface area (Å²) in [5.41, 5.74) is 1.45. The van der Waals surface area contributed by atoms with Crippen LogP contribution >= 0.6 is 0 Å². The van der Waals surface area contributed by atoms with Crippen LogP contribution in [-0.4, -0.2) is 78.6 Å². The minimum atomic E-state index is -0.723. The summed E-state index contributed by atoms with van der Waals surface area (Å²) >= 11 is 0. The van der Waals surface area contributed by atoms with E-state index in [1.54, 1.807) is 21.9 Å². The predicted molar refractivity (Wildman–Crippen MR) is 118 cm³/mol. The minimum absolute atomic E-state index is 0.0495. The van der Waals surface area contributed by atoms with Gasteiger partial charge in [0.2, 0.25) is 11.8 Å². The summed E-state index contributed by atoms with van der Waals surface area (Å²) in [7, 11) is 3.85. The molecule has 2 saturated heterocycles. The van der Waals surface area contributed by atoms with E-state index in [1.165, 1.54) is 6.92 Å². The Morgan fingerprint density at radius 3 is 2.32 bits per heavy atom. The van der Waals surface area contributed by atoms with E-state index in [0.717, 1.165) is 5.69 Å². The Kier molecular flexibility index (Phi) is 6.67. The van der Waals surface area contributed by atoms with Gasteiger partial charge in [0.1, 0.15) is 12.1 Å². The van der Waals surface area contributed by atoms with Crippen LogP contribution in [0.5, 0.6) is 0 Å². The number of carbonyl (C=O) groups excluding carboxylic acids is 4. The standard InChI is InChI=1S/C23H32N4O4/c1-14(2)12-18(24-22(30)16-6-8-17(9-7-16)25(4)5)23(31)26-11-10-19-21(26)20(29)13-27(19)15(3)28/h6-9,14,18-19,21H,10-13H2,1-5H3,(H,24,30)/t18?,19-,21+/m1/s1. The van der Waals surface area contributed by atoms with Gasteiger partial charge in [0.15, 0.2) is 5.78 Å². The summed E-state index contributed by atoms with van der Waals surface area (Å²) in [4.78, 5) is 55.8. The molecule has 2 fully saturated rings. The van der Waals surface area contributed by atoms with Crippen molar-refractivity contribution in [1.29, 1.82) is 0 Å². The number of ketones is 1. The zero-order valence-corrected chi connectivity index (χ0v) is 18.9. The fourth-order valence-electron chi connectivity index (χ4n) is 4.51. The summed E-state index contributed by atoms with van der Waals surface area (Å²) in [6, 6.07) is 5.58. The van der Waals surface area contributed by atoms with Gasteiger partial charge in [-0.05, 0) is 43.0 Å². The van der Waals surface area contributed by atoms with Crippen LogP contribution in [0.3, 0.4) is 0 Å². The smallest absolute Gasteiger partial charge is 0.251 e. The van der Waals surface area contributed by atoms with Crippen LogP contribution in [0.2, 0.25) is 0 Å². The van der Waals surface area contributed by atoms with Crippen molar-refractivity contribution in [3.05, 3.63) is 29.8 Å². The van der Waals surface area contributed by atoms with Crippen molar-refractivity contribution in [2.45, 2.75) is 51.7 Å². The van der Waals surface area contributed by atoms with Crippen LogP contribution in [-0.2, 0) is 14.4 Å². The number of nitrogens with zero attached hydrogens (tertiary/aromatic N) is 3. The van der Waals surface area contributed by atoms with Gasteiger partial charge >= 0.3 is 0 Å². The first-order chi connectivity index (χ1) is 14.6. The molecule has 0 saturated carbocycles. The van der Waals surface area contributed by atoms with Crippen molar-refractivity contribution >= 4 is 29.2 Å². The third-order valence-electron chi connectivity index (χ3n) is 6.07. The summed E-state index contributed by atoms with van der Waals surface area (Å²) in [5, 5.41) is 2.88. The highest BCUT2D eigenvalue weighted by Gasteiger charge is 2.51. The van der Waals surface area contributed by atoms with Gasteiger partial charge in [-0.1, -0.05) is 13.8 Å². The van der Waals surface area contributed by atoms with Crippen LogP contribution in [0.25, 0.3) is 0 Å². The predicted octanol–water partition coefficient (Wildman–Crippen LogP) is 1.30. The number of amides is 3. The molecule has 168 valence electrons. The average molecular weight is 429 g/mol. The SMILES string of the molecule is CC(=O)N1CC(=O)[C@@H]2[C@H]1CCN2C(=O)C(CC(C)C)NC(=O)c1ccc(N(C)C)cc1. The topological polar surface area (TPSA) is 90.0 Å². The molecule has 1 N–H and O–H groups in total. The molecule has 0 aliphatic carbocycles. The molecule has 3 rings (SSSR count). The van der Waals surface area contributed by atoms with E-state index < -0.39 is 12.1 Å². The molecule has 0 spiro atoms. The largest absolute Gasteiger partial charge is 0.378 e. The number of Topliss-reactive ketones (excluding diaryl/α,β-unsaturated/α-hetero) is 1. The highest BCUT2D eigenvalue weighted by molar-refractivity contribution is 6.00. The van der Waals surface area contributed by atoms with E-state index >= 15 is 0 Å². The highest BCUT2D eigenvalue weighted by atomic mass is 16.2. The normalized spacial score (nSPS) is 21.3. The van der Waals surface area contributed by atoms with Gasteiger partial charge in [0.05, 0.1) is 12.6 Å². The minimum Gasteiger partial charge on any atom is -0.378 e. The Morgan fingerprint density at radius 2 is 1.77 bits per heavy atom. The number of likely N-dealkylation sites (tertiary alicyclic amines) is 2. The molecule has 3 atom stereocenters. The van der Waals surface area contributed by atoms with Gasteiger partial charge in [-0.3, -0.25) is 19.2 Å². The first-order valence-electron chi connectivity index (χ1n) is 10.8. The Balaban J connectivity index is 1.76. The Hall–Kier alpha value is -2.90. The van der Waals surface area contributed by atoms with E-state index in [9.17, 15) is 19.2 Å². The monoisotopic (exact) mass is 428 g/mol. The molecule has 1 aromatic rings. The third kappa shape index (κ3) is 4.73. The summed E-state index contributed by atoms with van der Waals surface area (Å²) in [5.74, 6) is -0.651. The van der Waals surface area contributed by atoms with E-state index in [0.29, 0.717) is 24.9 Å². The molecule has 0 bridgehead atoms. The van der Waals surface area contributed by atoms with Crippen molar-refractivity contribution in [2.24, 2.45) is 5.92 Å². The van der Waals surface area contributed by atoms with Gasteiger partial charge in [0, 0.05) is 38.8 Å². The van der Waals surface area contributed by atoms with E-state index in [1.807, 2.05) is 45.0 Å². The molecular weight excluding hydrogens is 396 g/mol. The van der Waals surface area contributed by atoms with Crippen LogP contribution in [0.15, 0.2) is 24.3 Å². The Labute approximate surface area is 183 Å². The van der Waals surface area contributed by atoms with Gasteiger partial charge in [-0.25, -0.2) is 0 Å². The highest BCUT2D eigenvalue weighted by Crippen LogP contribution is 2.30. The summed E-state index contributed by atoms with van der Waals surface area (Å²) in [6.07, 6.45) is 1.05. The van der Waals surface area contributed by atoms with E-state index in [2.05, 4.69) is 5.32 Å². The van der Waals surface area contributed by atoms with Crippen molar-refractivity contribution in [3.63, 3.8) is 0 Å². The first-order valence-corrected chi connectivity index (χ1v) is 10.8. The lowest BCUT2D eigenvalue weighted by Crippen LogP contribution is -2.53. The van der Waals surface area contributed by atoms with Crippen LogP contribution < -0.4 is 10.2 Å². The fraction of sp³-hybridized carbons (Fsp3) is 0.565. The van der Waals surface area contributed by atoms with Gasteiger partial charge in [-0.2, -0.15) is 0 Å². The molecular formula is C23H32N4O4. The Bertz CT molecular complexity index is 865. The number of hydrogen-bond acceptors (Lipinski definition) is 5. The van der Waals surface area contributed by atoms with Gasteiger partial charge < -0.3 is 20.0 Å². The van der Waals surface area contributed by atoms with Crippen molar-refractivity contribution in [3.8, 4) is 0 Å². The van der Waals surface area contributed by atoms with Crippen LogP contribution in [0, 0.1) is 5.92 Å². The molecule has 1 unspecified atom stereocenters. The molecule has 8 nitrogen and oxygen atoms in total. The number of anilines is 1. The first kappa shape index (κ1) is 22.8. The second kappa shape index (κ2) is 9.08. The van der Waals surface area contributed by atoms with Gasteiger partial charge in [0.25, 0.3) is 5.91 Å². The Morgan fingerprint density at radius 1 is 1.13 bits per heavy atom. The van der Waals surface area contributed by atoms with Crippen LogP contribution in [0.1, 0.15) is 44.0 Å². The lowest BCUT2D eigenvalue weighted by atomic mass is 10.0. The van der Waals surface area contributed by atoms with Crippen molar-refractivity contribution < 1.29 is 19.2 Å². The van der Waals surface area contributed by atoms with Crippen molar-refractivity contribution in [1.82, 2.24) is 15.1 Å². The molecule has 0 radical (unpaired) electrons. The van der Waals surface area contributed by atoms with Gasteiger partial charge in [-0.15, -0.1) is 0 Å². The zero-order valence-electron chi connectivity index (χ0n) is 18.9. The molecule has 3 amide bonds. The second-order valence-electron chi connectivity index (χ2n) is 9.04. The van der Waals surface area contributed by atoms with E-state index in [-0.39, 0.29) is 42.0 Å². The number of benzene rings is 1. The molecule has 2 aliphatic rings. The zero-order chi connectivity index (χ0) is 22.9. The number of rotatable bonds is 6. The summed E-state index contributed by atoms with van der Waals surface area (Å²) < 4.78 is 0. The third-order valence-corrected chi connectivity index (χ3v) is 6.07. The maximum atomic E-state index is 13.4. The summed E-state index contributed by atoms with van der Waals surface area (Å²) in [6.45, 7) is 5.88. The molecule has 2 heterocycles. The van der Waals surface area contributed by atoms with E-state index in [4.69, 9.17) is 0 Å². The molecule has 1 aromatic carbocycles. The molecule has 0 aromatic heterocycles. The number of nitrogens with one attached hydrogen (secondary N) is 1. The van der Waals surface area contributed by atoms with Crippen LogP contribution in [0.4, 0.5) is 5.69 Å². The lowest BCUT2D eigenvalue weighted by Gasteiger charge is -2.29. The number of fused-ring (bicyclic) bond motifs is 1. The maximum absolute atomic E-state index is 13.4. The number of carbonyl (C=O) groups is 4. The quantitative estimate of drug-likeness (QED) is 0.738. The molecule has 8 heteroatoms. The lowest BCUT2D eigenvalue weighted by molar-refractivity contribution is -0.138.